The molecule has 98 valence electrons. The maximum Gasteiger partial charge on any atom is 0.307 e. The summed E-state index contributed by atoms with van der Waals surface area (Å²) in [4.78, 5) is 24.7. The summed E-state index contributed by atoms with van der Waals surface area (Å²) in [6.07, 6.45) is 0.183. The Morgan fingerprint density at radius 2 is 2.00 bits per heavy atom. The number of carbonyl (C=O) groups is 2. The molecule has 18 heavy (non-hydrogen) atoms. The average Bonchev–Trinajstić information content (AvgIpc) is 2.36. The fraction of sp³-hybridized carbons (Fsp3) is 0.385. The van der Waals surface area contributed by atoms with E-state index >= 15 is 0 Å². The molecule has 1 amide bonds. The van der Waals surface area contributed by atoms with E-state index in [-0.39, 0.29) is 18.3 Å². The van der Waals surface area contributed by atoms with Crippen LogP contribution in [0, 0.1) is 0 Å². The van der Waals surface area contributed by atoms with E-state index in [9.17, 15) is 9.59 Å². The topological polar surface area (TPSA) is 72.6 Å². The standard InChI is InChI=1S/C13H18N2O3/c1-3-18-12(16)8-9-15(2)13(17)10-6-4-5-7-11(10)14/h4-7H,3,8-9,14H2,1-2H3. The number of amides is 1. The third-order valence-corrected chi connectivity index (χ3v) is 2.49. The van der Waals surface area contributed by atoms with Crippen LogP contribution in [0.5, 0.6) is 0 Å². The molecule has 0 fully saturated rings. The van der Waals surface area contributed by atoms with Gasteiger partial charge in [0, 0.05) is 19.3 Å². The SMILES string of the molecule is CCOC(=O)CCN(C)C(=O)c1ccccc1N. The van der Waals surface area contributed by atoms with Crippen LogP contribution in [0.15, 0.2) is 24.3 Å². The molecule has 5 nitrogen and oxygen atoms in total. The van der Waals surface area contributed by atoms with Crippen LogP contribution in [-0.2, 0) is 9.53 Å². The molecule has 0 heterocycles. The van der Waals surface area contributed by atoms with Gasteiger partial charge in [-0.15, -0.1) is 0 Å². The number of benzene rings is 1. The number of hydrogen-bond acceptors (Lipinski definition) is 4. The summed E-state index contributed by atoms with van der Waals surface area (Å²) in [5, 5.41) is 0. The van der Waals surface area contributed by atoms with Crippen molar-refractivity contribution in [1.82, 2.24) is 4.90 Å². The third kappa shape index (κ3) is 3.76. The first-order valence-electron chi connectivity index (χ1n) is 5.81. The number of nitrogens with two attached hydrogens (primary N) is 1. The number of rotatable bonds is 5. The van der Waals surface area contributed by atoms with Crippen molar-refractivity contribution in [3.8, 4) is 0 Å². The van der Waals surface area contributed by atoms with Gasteiger partial charge in [-0.25, -0.2) is 0 Å². The van der Waals surface area contributed by atoms with Crippen molar-refractivity contribution in [2.24, 2.45) is 0 Å². The molecule has 0 radical (unpaired) electrons. The summed E-state index contributed by atoms with van der Waals surface area (Å²) in [5.74, 6) is -0.504. The maximum atomic E-state index is 12.0. The van der Waals surface area contributed by atoms with E-state index in [4.69, 9.17) is 10.5 Å². The molecule has 0 aromatic heterocycles. The molecular formula is C13H18N2O3. The smallest absolute Gasteiger partial charge is 0.307 e. The lowest BCUT2D eigenvalue weighted by atomic mass is 10.1. The Bertz CT molecular complexity index is 432. The molecule has 0 bridgehead atoms. The quantitative estimate of drug-likeness (QED) is 0.631. The van der Waals surface area contributed by atoms with Crippen LogP contribution in [0.3, 0.4) is 0 Å². The van der Waals surface area contributed by atoms with Gasteiger partial charge in [-0.2, -0.15) is 0 Å². The fourth-order valence-electron chi connectivity index (χ4n) is 1.49. The lowest BCUT2D eigenvalue weighted by Gasteiger charge is -2.17. The Morgan fingerprint density at radius 1 is 1.33 bits per heavy atom. The third-order valence-electron chi connectivity index (χ3n) is 2.49. The van der Waals surface area contributed by atoms with Crippen LogP contribution in [0.4, 0.5) is 5.69 Å². The van der Waals surface area contributed by atoms with E-state index in [0.717, 1.165) is 0 Å². The van der Waals surface area contributed by atoms with E-state index in [1.54, 1.807) is 38.2 Å². The van der Waals surface area contributed by atoms with Crippen molar-refractivity contribution in [1.29, 1.82) is 0 Å². The van der Waals surface area contributed by atoms with Crippen molar-refractivity contribution in [3.05, 3.63) is 29.8 Å². The molecule has 0 aliphatic carbocycles. The first-order chi connectivity index (χ1) is 8.56. The summed E-state index contributed by atoms with van der Waals surface area (Å²) in [7, 11) is 1.63. The zero-order valence-corrected chi connectivity index (χ0v) is 10.7. The van der Waals surface area contributed by atoms with Gasteiger partial charge in [0.25, 0.3) is 5.91 Å². The van der Waals surface area contributed by atoms with Gasteiger partial charge in [0.15, 0.2) is 0 Å². The fourth-order valence-corrected chi connectivity index (χ4v) is 1.49. The van der Waals surface area contributed by atoms with Gasteiger partial charge in [0.05, 0.1) is 18.6 Å². The highest BCUT2D eigenvalue weighted by Crippen LogP contribution is 2.12. The molecular weight excluding hydrogens is 232 g/mol. The van der Waals surface area contributed by atoms with Crippen LogP contribution < -0.4 is 5.73 Å². The molecule has 1 rings (SSSR count). The summed E-state index contributed by atoms with van der Waals surface area (Å²) in [6.45, 7) is 2.41. The summed E-state index contributed by atoms with van der Waals surface area (Å²) in [6, 6.07) is 6.86. The van der Waals surface area contributed by atoms with E-state index in [2.05, 4.69) is 0 Å². The molecule has 0 unspecified atom stereocenters. The van der Waals surface area contributed by atoms with Crippen LogP contribution in [0.1, 0.15) is 23.7 Å². The van der Waals surface area contributed by atoms with Gasteiger partial charge in [0.2, 0.25) is 0 Å². The Labute approximate surface area is 107 Å². The van der Waals surface area contributed by atoms with Crippen molar-refractivity contribution < 1.29 is 14.3 Å². The van der Waals surface area contributed by atoms with Crippen LogP contribution in [-0.4, -0.2) is 37.0 Å². The molecule has 0 saturated carbocycles. The molecule has 0 aliphatic rings. The first-order valence-corrected chi connectivity index (χ1v) is 5.81. The Hall–Kier alpha value is -2.04. The minimum atomic E-state index is -0.307. The van der Waals surface area contributed by atoms with Crippen LogP contribution in [0.2, 0.25) is 0 Å². The highest BCUT2D eigenvalue weighted by molar-refractivity contribution is 5.99. The molecule has 0 saturated heterocycles. The Kier molecular flexibility index (Phi) is 5.17. The highest BCUT2D eigenvalue weighted by atomic mass is 16.5. The minimum Gasteiger partial charge on any atom is -0.466 e. The van der Waals surface area contributed by atoms with Gasteiger partial charge in [-0.3, -0.25) is 9.59 Å². The number of para-hydroxylation sites is 1. The molecule has 0 spiro atoms. The van der Waals surface area contributed by atoms with E-state index < -0.39 is 0 Å². The van der Waals surface area contributed by atoms with Gasteiger partial charge in [0.1, 0.15) is 0 Å². The molecule has 1 aromatic carbocycles. The lowest BCUT2D eigenvalue weighted by molar-refractivity contribution is -0.143. The van der Waals surface area contributed by atoms with E-state index in [1.807, 2.05) is 0 Å². The second-order valence-electron chi connectivity index (χ2n) is 3.87. The number of nitrogen functional groups attached to an aromatic ring is 1. The molecule has 1 aromatic rings. The van der Waals surface area contributed by atoms with Crippen molar-refractivity contribution in [2.45, 2.75) is 13.3 Å². The zero-order chi connectivity index (χ0) is 13.5. The van der Waals surface area contributed by atoms with Gasteiger partial charge < -0.3 is 15.4 Å². The Balaban J connectivity index is 2.57. The lowest BCUT2D eigenvalue weighted by Crippen LogP contribution is -2.30. The van der Waals surface area contributed by atoms with Gasteiger partial charge >= 0.3 is 5.97 Å². The Morgan fingerprint density at radius 3 is 2.61 bits per heavy atom. The maximum absolute atomic E-state index is 12.0. The van der Waals surface area contributed by atoms with Crippen molar-refractivity contribution in [2.75, 3.05) is 25.9 Å². The number of anilines is 1. The summed E-state index contributed by atoms with van der Waals surface area (Å²) in [5.41, 5.74) is 6.61. The second-order valence-corrected chi connectivity index (χ2v) is 3.87. The number of nitrogens with zero attached hydrogens (tertiary/aromatic N) is 1. The largest absolute Gasteiger partial charge is 0.466 e. The molecule has 2 N–H and O–H groups in total. The van der Waals surface area contributed by atoms with Crippen LogP contribution in [0.25, 0.3) is 0 Å². The van der Waals surface area contributed by atoms with Crippen molar-refractivity contribution >= 4 is 17.6 Å². The first kappa shape index (κ1) is 14.0. The minimum absolute atomic E-state index is 0.183. The zero-order valence-electron chi connectivity index (χ0n) is 10.7. The second kappa shape index (κ2) is 6.64. The van der Waals surface area contributed by atoms with E-state index in [0.29, 0.717) is 24.4 Å². The highest BCUT2D eigenvalue weighted by Gasteiger charge is 2.15. The normalized spacial score (nSPS) is 9.89. The molecule has 0 atom stereocenters. The molecule has 0 aliphatic heterocycles. The average molecular weight is 250 g/mol. The van der Waals surface area contributed by atoms with Crippen molar-refractivity contribution in [3.63, 3.8) is 0 Å². The number of hydrogen-bond donors (Lipinski definition) is 1. The summed E-state index contributed by atoms with van der Waals surface area (Å²) < 4.78 is 4.80. The van der Waals surface area contributed by atoms with Gasteiger partial charge in [-0.1, -0.05) is 12.1 Å². The molecule has 5 heteroatoms. The van der Waals surface area contributed by atoms with E-state index in [1.165, 1.54) is 4.90 Å². The predicted octanol–water partition coefficient (Wildman–Crippen LogP) is 1.29. The van der Waals surface area contributed by atoms with Gasteiger partial charge in [-0.05, 0) is 19.1 Å². The monoisotopic (exact) mass is 250 g/mol. The summed E-state index contributed by atoms with van der Waals surface area (Å²) >= 11 is 0. The predicted molar refractivity (Wildman–Crippen MR) is 69.1 cm³/mol. The number of ether oxygens (including phenoxy) is 1. The number of carbonyl (C=O) groups excluding carboxylic acids is 2. The van der Waals surface area contributed by atoms with Crippen LogP contribution >= 0.6 is 0 Å². The number of esters is 1.